The maximum absolute atomic E-state index is 12.5. The lowest BCUT2D eigenvalue weighted by molar-refractivity contribution is 0.557. The van der Waals surface area contributed by atoms with Crippen molar-refractivity contribution < 1.29 is 8.42 Å². The number of nitrogen functional groups attached to an aromatic ring is 1. The largest absolute Gasteiger partial charge is 0.398 e. The Morgan fingerprint density at radius 3 is 2.28 bits per heavy atom. The Morgan fingerprint density at radius 2 is 1.78 bits per heavy atom. The summed E-state index contributed by atoms with van der Waals surface area (Å²) >= 11 is 0. The van der Waals surface area contributed by atoms with Crippen molar-refractivity contribution in [1.29, 1.82) is 0 Å². The maximum Gasteiger partial charge on any atom is 0.241 e. The van der Waals surface area contributed by atoms with E-state index in [0.717, 1.165) is 24.0 Å². The van der Waals surface area contributed by atoms with Crippen LogP contribution in [0.3, 0.4) is 0 Å². The van der Waals surface area contributed by atoms with Crippen molar-refractivity contribution in [2.75, 3.05) is 5.73 Å². The summed E-state index contributed by atoms with van der Waals surface area (Å²) in [6.45, 7) is 7.38. The van der Waals surface area contributed by atoms with Gasteiger partial charge in [-0.15, -0.1) is 0 Å². The molecule has 0 atom stereocenters. The molecule has 4 nitrogen and oxygen atoms in total. The van der Waals surface area contributed by atoms with Gasteiger partial charge in [0.25, 0.3) is 0 Å². The van der Waals surface area contributed by atoms with E-state index >= 15 is 0 Å². The van der Waals surface area contributed by atoms with E-state index in [-0.39, 0.29) is 5.54 Å². The Kier molecular flexibility index (Phi) is 2.94. The van der Waals surface area contributed by atoms with E-state index in [0.29, 0.717) is 16.1 Å². The molecule has 18 heavy (non-hydrogen) atoms. The molecular formula is C13H20N2O2S. The molecule has 0 saturated heterocycles. The average molecular weight is 268 g/mol. The molecule has 0 heterocycles. The van der Waals surface area contributed by atoms with Gasteiger partial charge in [-0.05, 0) is 63.3 Å². The van der Waals surface area contributed by atoms with Crippen LogP contribution < -0.4 is 10.5 Å². The van der Waals surface area contributed by atoms with Gasteiger partial charge in [-0.3, -0.25) is 0 Å². The topological polar surface area (TPSA) is 72.2 Å². The minimum atomic E-state index is -3.49. The van der Waals surface area contributed by atoms with Gasteiger partial charge >= 0.3 is 0 Å². The first-order valence-electron chi connectivity index (χ1n) is 6.06. The number of hydrogen-bond donors (Lipinski definition) is 2. The second kappa shape index (κ2) is 3.96. The summed E-state index contributed by atoms with van der Waals surface area (Å²) in [5, 5.41) is 0. The number of sulfonamides is 1. The number of benzene rings is 1. The van der Waals surface area contributed by atoms with Crippen molar-refractivity contribution in [3.05, 3.63) is 22.8 Å². The summed E-state index contributed by atoms with van der Waals surface area (Å²) in [4.78, 5) is 0.341. The van der Waals surface area contributed by atoms with Crippen molar-refractivity contribution >= 4 is 15.7 Å². The van der Waals surface area contributed by atoms with Crippen molar-refractivity contribution in [3.63, 3.8) is 0 Å². The number of aryl methyl sites for hydroxylation is 1. The molecule has 100 valence electrons. The number of rotatable bonds is 3. The summed E-state index contributed by atoms with van der Waals surface area (Å²) in [5.74, 6) is 0. The first-order valence-corrected chi connectivity index (χ1v) is 7.55. The maximum atomic E-state index is 12.5. The van der Waals surface area contributed by atoms with Crippen LogP contribution in [0.15, 0.2) is 11.0 Å². The van der Waals surface area contributed by atoms with E-state index in [9.17, 15) is 8.42 Å². The molecule has 1 aliphatic carbocycles. The third-order valence-corrected chi connectivity index (χ3v) is 5.64. The summed E-state index contributed by atoms with van der Waals surface area (Å²) < 4.78 is 27.7. The lowest BCUT2D eigenvalue weighted by atomic mass is 10.1. The molecular weight excluding hydrogens is 248 g/mol. The van der Waals surface area contributed by atoms with Gasteiger partial charge < -0.3 is 5.73 Å². The van der Waals surface area contributed by atoms with Crippen LogP contribution in [0, 0.1) is 20.8 Å². The Morgan fingerprint density at radius 1 is 1.22 bits per heavy atom. The summed E-state index contributed by atoms with van der Waals surface area (Å²) in [6.07, 6.45) is 1.79. The van der Waals surface area contributed by atoms with Crippen molar-refractivity contribution in [2.24, 2.45) is 0 Å². The molecule has 0 aromatic heterocycles. The minimum absolute atomic E-state index is 0.268. The van der Waals surface area contributed by atoms with Crippen molar-refractivity contribution in [2.45, 2.75) is 51.0 Å². The van der Waals surface area contributed by atoms with E-state index in [4.69, 9.17) is 5.73 Å². The monoisotopic (exact) mass is 268 g/mol. The highest BCUT2D eigenvalue weighted by Crippen LogP contribution is 2.37. The van der Waals surface area contributed by atoms with Gasteiger partial charge in [-0.25, -0.2) is 13.1 Å². The molecule has 1 aliphatic rings. The van der Waals surface area contributed by atoms with Crippen LogP contribution >= 0.6 is 0 Å². The van der Waals surface area contributed by atoms with Crippen molar-refractivity contribution in [1.82, 2.24) is 4.72 Å². The van der Waals surface area contributed by atoms with Crippen molar-refractivity contribution in [3.8, 4) is 0 Å². The van der Waals surface area contributed by atoms with E-state index in [1.165, 1.54) is 0 Å². The quantitative estimate of drug-likeness (QED) is 0.824. The Bertz CT molecular complexity index is 576. The van der Waals surface area contributed by atoms with Crippen LogP contribution in [-0.2, 0) is 10.0 Å². The zero-order chi connectivity index (χ0) is 13.7. The zero-order valence-corrected chi connectivity index (χ0v) is 12.1. The van der Waals surface area contributed by atoms with Crippen LogP contribution in [0.5, 0.6) is 0 Å². The SMILES string of the molecule is Cc1cc(N)c(C)c(S(=O)(=O)NC2(C)CC2)c1C. The molecule has 0 bridgehead atoms. The Balaban J connectivity index is 2.56. The predicted molar refractivity (Wildman–Crippen MR) is 73.0 cm³/mol. The molecule has 5 heteroatoms. The smallest absolute Gasteiger partial charge is 0.241 e. The fourth-order valence-corrected chi connectivity index (χ4v) is 4.15. The lowest BCUT2D eigenvalue weighted by Crippen LogP contribution is -2.35. The molecule has 2 rings (SSSR count). The molecule has 1 aromatic rings. The normalized spacial score (nSPS) is 17.8. The van der Waals surface area contributed by atoms with E-state index < -0.39 is 10.0 Å². The van der Waals surface area contributed by atoms with Gasteiger partial charge in [-0.1, -0.05) is 0 Å². The van der Waals surface area contributed by atoms with Crippen LogP contribution in [-0.4, -0.2) is 14.0 Å². The second-order valence-electron chi connectivity index (χ2n) is 5.53. The van der Waals surface area contributed by atoms with Crippen LogP contribution in [0.4, 0.5) is 5.69 Å². The molecule has 0 unspecified atom stereocenters. The summed E-state index contributed by atoms with van der Waals surface area (Å²) in [5.41, 5.74) is 8.45. The second-order valence-corrected chi connectivity index (χ2v) is 7.15. The van der Waals surface area contributed by atoms with E-state index in [1.54, 1.807) is 6.92 Å². The van der Waals surface area contributed by atoms with Gasteiger partial charge in [0.1, 0.15) is 0 Å². The first-order chi connectivity index (χ1) is 8.16. The Hall–Kier alpha value is -1.07. The van der Waals surface area contributed by atoms with Crippen LogP contribution in [0.2, 0.25) is 0 Å². The van der Waals surface area contributed by atoms with Crippen LogP contribution in [0.25, 0.3) is 0 Å². The number of anilines is 1. The third kappa shape index (κ3) is 2.24. The fraction of sp³-hybridized carbons (Fsp3) is 0.538. The molecule has 0 spiro atoms. The lowest BCUT2D eigenvalue weighted by Gasteiger charge is -2.18. The standard InChI is InChI=1S/C13H20N2O2S/c1-8-7-11(14)10(3)12(9(8)2)18(16,17)15-13(4)5-6-13/h7,15H,5-6,14H2,1-4H3. The van der Waals surface area contributed by atoms with Gasteiger partial charge in [0.05, 0.1) is 4.90 Å². The molecule has 0 amide bonds. The highest BCUT2D eigenvalue weighted by Gasteiger charge is 2.42. The molecule has 3 N–H and O–H groups in total. The molecule has 0 aliphatic heterocycles. The highest BCUT2D eigenvalue weighted by atomic mass is 32.2. The summed E-state index contributed by atoms with van der Waals surface area (Å²) in [6, 6.07) is 1.82. The van der Waals surface area contributed by atoms with Gasteiger partial charge in [0, 0.05) is 11.2 Å². The average Bonchev–Trinajstić information content (AvgIpc) is 2.91. The fourth-order valence-electron chi connectivity index (χ4n) is 2.11. The molecule has 1 saturated carbocycles. The first kappa shape index (κ1) is 13.4. The van der Waals surface area contributed by atoms with Gasteiger partial charge in [-0.2, -0.15) is 0 Å². The van der Waals surface area contributed by atoms with E-state index in [1.807, 2.05) is 26.8 Å². The van der Waals surface area contributed by atoms with E-state index in [2.05, 4.69) is 4.72 Å². The number of nitrogens with two attached hydrogens (primary N) is 1. The predicted octanol–water partition coefficient (Wildman–Crippen LogP) is 2.02. The Labute approximate surface area is 109 Å². The summed E-state index contributed by atoms with van der Waals surface area (Å²) in [7, 11) is -3.49. The molecule has 1 aromatic carbocycles. The third-order valence-electron chi connectivity index (χ3n) is 3.73. The molecule has 1 fully saturated rings. The zero-order valence-electron chi connectivity index (χ0n) is 11.3. The molecule has 0 radical (unpaired) electrons. The van der Waals surface area contributed by atoms with Gasteiger partial charge in [0.2, 0.25) is 10.0 Å². The minimum Gasteiger partial charge on any atom is -0.398 e. The van der Waals surface area contributed by atoms with Gasteiger partial charge in [0.15, 0.2) is 0 Å². The van der Waals surface area contributed by atoms with Crippen LogP contribution in [0.1, 0.15) is 36.5 Å². The number of hydrogen-bond acceptors (Lipinski definition) is 3. The number of nitrogens with one attached hydrogen (secondary N) is 1. The highest BCUT2D eigenvalue weighted by molar-refractivity contribution is 7.89.